The number of carbonyl (C=O) groups excluding carboxylic acids is 2. The molecule has 0 aliphatic rings. The molecule has 0 aliphatic heterocycles. The van der Waals surface area contributed by atoms with Crippen LogP contribution in [0.15, 0.2) is 29.6 Å². The van der Waals surface area contributed by atoms with E-state index in [9.17, 15) is 9.59 Å². The number of hydrogen-bond acceptors (Lipinski definition) is 5. The highest BCUT2D eigenvalue weighted by Gasteiger charge is 2.14. The number of aromatic nitrogens is 1. The van der Waals surface area contributed by atoms with Crippen LogP contribution in [0.5, 0.6) is 0 Å². The van der Waals surface area contributed by atoms with Crippen molar-refractivity contribution < 1.29 is 14.3 Å². The standard InChI is InChI=1S/C18H22N2O3S/c1-12(2)8-9-19-16(21)10-23-18(22)15-11-24-17(20-15)14-6-4-13(3)5-7-14/h4-7,11-12H,8-10H2,1-3H3,(H,19,21). The lowest BCUT2D eigenvalue weighted by Crippen LogP contribution is -2.30. The predicted octanol–water partition coefficient (Wildman–Crippen LogP) is 3.44. The van der Waals surface area contributed by atoms with Gasteiger partial charge >= 0.3 is 5.97 Å². The number of thiazole rings is 1. The van der Waals surface area contributed by atoms with Gasteiger partial charge in [-0.05, 0) is 19.3 Å². The number of esters is 1. The van der Waals surface area contributed by atoms with E-state index in [1.807, 2.05) is 31.2 Å². The number of amides is 1. The van der Waals surface area contributed by atoms with Crippen molar-refractivity contribution in [1.29, 1.82) is 0 Å². The highest BCUT2D eigenvalue weighted by atomic mass is 32.1. The first kappa shape index (κ1) is 18.1. The van der Waals surface area contributed by atoms with Gasteiger partial charge in [-0.2, -0.15) is 0 Å². The van der Waals surface area contributed by atoms with Crippen LogP contribution in [0.2, 0.25) is 0 Å². The monoisotopic (exact) mass is 346 g/mol. The summed E-state index contributed by atoms with van der Waals surface area (Å²) in [6, 6.07) is 7.92. The van der Waals surface area contributed by atoms with Gasteiger partial charge in [0.2, 0.25) is 0 Å². The lowest BCUT2D eigenvalue weighted by atomic mass is 10.1. The van der Waals surface area contributed by atoms with E-state index in [1.54, 1.807) is 5.38 Å². The third-order valence-corrected chi connectivity index (χ3v) is 4.28. The largest absolute Gasteiger partial charge is 0.451 e. The van der Waals surface area contributed by atoms with Crippen LogP contribution < -0.4 is 5.32 Å². The van der Waals surface area contributed by atoms with Crippen molar-refractivity contribution in [3.63, 3.8) is 0 Å². The quantitative estimate of drug-likeness (QED) is 0.780. The van der Waals surface area contributed by atoms with Crippen molar-refractivity contribution in [2.75, 3.05) is 13.2 Å². The molecule has 0 aliphatic carbocycles. The molecule has 1 amide bonds. The van der Waals surface area contributed by atoms with E-state index >= 15 is 0 Å². The Morgan fingerprint density at radius 1 is 1.25 bits per heavy atom. The van der Waals surface area contributed by atoms with E-state index in [2.05, 4.69) is 24.1 Å². The van der Waals surface area contributed by atoms with Crippen LogP contribution in [-0.4, -0.2) is 30.0 Å². The third kappa shape index (κ3) is 5.45. The molecule has 0 fully saturated rings. The first-order chi connectivity index (χ1) is 11.5. The van der Waals surface area contributed by atoms with Crippen LogP contribution in [-0.2, 0) is 9.53 Å². The zero-order valence-corrected chi connectivity index (χ0v) is 15.0. The summed E-state index contributed by atoms with van der Waals surface area (Å²) in [4.78, 5) is 27.9. The smallest absolute Gasteiger partial charge is 0.358 e. The maximum atomic E-state index is 12.0. The lowest BCUT2D eigenvalue weighted by Gasteiger charge is -2.07. The van der Waals surface area contributed by atoms with Crippen LogP contribution in [0.1, 0.15) is 36.3 Å². The van der Waals surface area contributed by atoms with E-state index in [-0.39, 0.29) is 18.2 Å². The van der Waals surface area contributed by atoms with Gasteiger partial charge < -0.3 is 10.1 Å². The van der Waals surface area contributed by atoms with Crippen LogP contribution in [0, 0.1) is 12.8 Å². The van der Waals surface area contributed by atoms with Gasteiger partial charge in [-0.1, -0.05) is 43.7 Å². The summed E-state index contributed by atoms with van der Waals surface area (Å²) in [5.74, 6) is -0.357. The van der Waals surface area contributed by atoms with Gasteiger partial charge in [0.15, 0.2) is 12.3 Å². The second kappa shape index (κ2) is 8.59. The highest BCUT2D eigenvalue weighted by Crippen LogP contribution is 2.24. The second-order valence-electron chi connectivity index (χ2n) is 6.01. The summed E-state index contributed by atoms with van der Waals surface area (Å²) in [6.45, 7) is 6.48. The molecule has 6 heteroatoms. The molecule has 0 radical (unpaired) electrons. The molecule has 0 unspecified atom stereocenters. The highest BCUT2D eigenvalue weighted by molar-refractivity contribution is 7.13. The van der Waals surface area contributed by atoms with Crippen LogP contribution in [0.4, 0.5) is 0 Å². The van der Waals surface area contributed by atoms with E-state index < -0.39 is 5.97 Å². The Labute approximate surface area is 146 Å². The summed E-state index contributed by atoms with van der Waals surface area (Å²) < 4.78 is 5.01. The first-order valence-corrected chi connectivity index (χ1v) is 8.80. The Hall–Kier alpha value is -2.21. The van der Waals surface area contributed by atoms with E-state index in [0.29, 0.717) is 12.5 Å². The molecule has 5 nitrogen and oxygen atoms in total. The average Bonchev–Trinajstić information content (AvgIpc) is 3.03. The van der Waals surface area contributed by atoms with Crippen molar-refractivity contribution in [1.82, 2.24) is 10.3 Å². The molecule has 0 saturated carbocycles. The minimum Gasteiger partial charge on any atom is -0.451 e. The molecule has 24 heavy (non-hydrogen) atoms. The minimum absolute atomic E-state index is 0.227. The predicted molar refractivity (Wildman–Crippen MR) is 95.0 cm³/mol. The van der Waals surface area contributed by atoms with Gasteiger partial charge in [0.1, 0.15) is 5.01 Å². The van der Waals surface area contributed by atoms with Gasteiger partial charge in [-0.3, -0.25) is 4.79 Å². The van der Waals surface area contributed by atoms with Crippen LogP contribution in [0.25, 0.3) is 10.6 Å². The number of carbonyl (C=O) groups is 2. The normalized spacial score (nSPS) is 10.7. The topological polar surface area (TPSA) is 68.3 Å². The number of rotatable bonds is 7. The van der Waals surface area contributed by atoms with Crippen molar-refractivity contribution in [3.05, 3.63) is 40.9 Å². The summed E-state index contributed by atoms with van der Waals surface area (Å²) in [6.07, 6.45) is 0.895. The number of nitrogens with one attached hydrogen (secondary N) is 1. The third-order valence-electron chi connectivity index (χ3n) is 3.39. The molecular weight excluding hydrogens is 324 g/mol. The van der Waals surface area contributed by atoms with E-state index in [4.69, 9.17) is 4.74 Å². The zero-order valence-electron chi connectivity index (χ0n) is 14.2. The van der Waals surface area contributed by atoms with Crippen molar-refractivity contribution in [3.8, 4) is 10.6 Å². The van der Waals surface area contributed by atoms with Gasteiger partial charge in [0, 0.05) is 17.5 Å². The molecule has 2 aromatic rings. The van der Waals surface area contributed by atoms with Crippen molar-refractivity contribution >= 4 is 23.2 Å². The number of ether oxygens (including phenoxy) is 1. The Morgan fingerprint density at radius 2 is 1.96 bits per heavy atom. The van der Waals surface area contributed by atoms with E-state index in [1.165, 1.54) is 16.9 Å². The Bertz CT molecular complexity index is 693. The molecule has 1 aromatic carbocycles. The Kier molecular flexibility index (Phi) is 6.49. The Morgan fingerprint density at radius 3 is 2.62 bits per heavy atom. The molecule has 1 N–H and O–H groups in total. The molecule has 0 spiro atoms. The number of aryl methyl sites for hydroxylation is 1. The summed E-state index contributed by atoms with van der Waals surface area (Å²) >= 11 is 1.38. The fourth-order valence-electron chi connectivity index (χ4n) is 1.95. The first-order valence-electron chi connectivity index (χ1n) is 7.92. The van der Waals surface area contributed by atoms with Crippen molar-refractivity contribution in [2.45, 2.75) is 27.2 Å². The molecule has 0 atom stereocenters. The minimum atomic E-state index is -0.580. The fraction of sp³-hybridized carbons (Fsp3) is 0.389. The maximum Gasteiger partial charge on any atom is 0.358 e. The summed E-state index contributed by atoms with van der Waals surface area (Å²) in [7, 11) is 0. The van der Waals surface area contributed by atoms with Crippen molar-refractivity contribution in [2.24, 2.45) is 5.92 Å². The molecule has 1 heterocycles. The molecule has 128 valence electrons. The van der Waals surface area contributed by atoms with Gasteiger partial charge in [-0.15, -0.1) is 11.3 Å². The second-order valence-corrected chi connectivity index (χ2v) is 6.87. The fourth-order valence-corrected chi connectivity index (χ4v) is 2.75. The number of hydrogen-bond donors (Lipinski definition) is 1. The SMILES string of the molecule is Cc1ccc(-c2nc(C(=O)OCC(=O)NCCC(C)C)cs2)cc1. The number of benzene rings is 1. The Balaban J connectivity index is 1.85. The maximum absolute atomic E-state index is 12.0. The molecule has 0 saturated heterocycles. The van der Waals surface area contributed by atoms with Crippen LogP contribution in [0.3, 0.4) is 0 Å². The number of nitrogens with zero attached hydrogens (tertiary/aromatic N) is 1. The van der Waals surface area contributed by atoms with Gasteiger partial charge in [0.25, 0.3) is 5.91 Å². The van der Waals surface area contributed by atoms with Crippen LogP contribution >= 0.6 is 11.3 Å². The molecule has 1 aromatic heterocycles. The molecule has 2 rings (SSSR count). The lowest BCUT2D eigenvalue weighted by molar-refractivity contribution is -0.124. The average molecular weight is 346 g/mol. The summed E-state index contributed by atoms with van der Waals surface area (Å²) in [5.41, 5.74) is 2.35. The zero-order chi connectivity index (χ0) is 17.5. The molecular formula is C18H22N2O3S. The van der Waals surface area contributed by atoms with E-state index in [0.717, 1.165) is 17.0 Å². The summed E-state index contributed by atoms with van der Waals surface area (Å²) in [5, 5.41) is 5.12. The van der Waals surface area contributed by atoms with Gasteiger partial charge in [0.05, 0.1) is 0 Å². The molecule has 0 bridgehead atoms. The van der Waals surface area contributed by atoms with Gasteiger partial charge in [-0.25, -0.2) is 9.78 Å².